The molecule has 0 radical (unpaired) electrons. The zero-order valence-corrected chi connectivity index (χ0v) is 17.9. The average molecular weight is 388 g/mol. The van der Waals surface area contributed by atoms with Crippen LogP contribution in [0, 0.1) is 13.8 Å². The average Bonchev–Trinajstić information content (AvgIpc) is 2.96. The molecule has 6 heteroatoms. The van der Waals surface area contributed by atoms with Crippen molar-refractivity contribution >= 4 is 11.6 Å². The van der Waals surface area contributed by atoms with Crippen molar-refractivity contribution in [1.29, 1.82) is 0 Å². The number of aromatic amines is 1. The van der Waals surface area contributed by atoms with E-state index in [1.807, 2.05) is 52.9 Å². The molecule has 0 saturated heterocycles. The first kappa shape index (κ1) is 21.7. The van der Waals surface area contributed by atoms with Crippen LogP contribution in [0.4, 0.5) is 0 Å². The van der Waals surface area contributed by atoms with E-state index in [0.717, 1.165) is 21.7 Å². The van der Waals surface area contributed by atoms with Crippen molar-refractivity contribution in [3.8, 4) is 11.5 Å². The Morgan fingerprint density at radius 2 is 1.89 bits per heavy atom. The molecule has 0 spiro atoms. The molecule has 1 heterocycles. The molecule has 1 aromatic heterocycles. The standard InChI is InChI=1S/C22H30N2O4/c1-8-28-18-10-9-17(11-19(18)27-7)12-24(6)15(4)22(26)21-13(2)20(16(5)25)14(3)23-21/h9-11,15,23H,8,12H2,1-7H3/p+1/t15-/m1/s1. The van der Waals surface area contributed by atoms with Gasteiger partial charge in [-0.2, -0.15) is 0 Å². The van der Waals surface area contributed by atoms with Crippen LogP contribution in [0.25, 0.3) is 0 Å². The minimum absolute atomic E-state index is 0.00324. The first-order valence-corrected chi connectivity index (χ1v) is 9.57. The summed E-state index contributed by atoms with van der Waals surface area (Å²) in [6, 6.07) is 5.57. The molecule has 2 N–H and O–H groups in total. The predicted molar refractivity (Wildman–Crippen MR) is 109 cm³/mol. The number of hydrogen-bond donors (Lipinski definition) is 2. The number of ketones is 2. The quantitative estimate of drug-likeness (QED) is 0.649. The molecule has 152 valence electrons. The maximum absolute atomic E-state index is 13.0. The second-order valence-electron chi connectivity index (χ2n) is 7.21. The Kier molecular flexibility index (Phi) is 7.02. The Morgan fingerprint density at radius 3 is 2.43 bits per heavy atom. The van der Waals surface area contributed by atoms with Crippen molar-refractivity contribution in [2.45, 2.75) is 47.2 Å². The van der Waals surface area contributed by atoms with Gasteiger partial charge in [0, 0.05) is 16.8 Å². The molecule has 0 fully saturated rings. The molecule has 1 unspecified atom stereocenters. The third-order valence-corrected chi connectivity index (χ3v) is 5.18. The molecule has 0 amide bonds. The van der Waals surface area contributed by atoms with Gasteiger partial charge in [-0.05, 0) is 58.4 Å². The van der Waals surface area contributed by atoms with E-state index in [9.17, 15) is 9.59 Å². The second-order valence-corrected chi connectivity index (χ2v) is 7.21. The number of methoxy groups -OCH3 is 1. The lowest BCUT2D eigenvalue weighted by Crippen LogP contribution is -3.12. The van der Waals surface area contributed by atoms with Crippen LogP contribution in [-0.2, 0) is 6.54 Å². The fourth-order valence-electron chi connectivity index (χ4n) is 3.54. The number of aryl methyl sites for hydroxylation is 1. The van der Waals surface area contributed by atoms with E-state index in [2.05, 4.69) is 4.98 Å². The highest BCUT2D eigenvalue weighted by atomic mass is 16.5. The highest BCUT2D eigenvalue weighted by Crippen LogP contribution is 2.27. The number of benzene rings is 1. The molecule has 0 saturated carbocycles. The number of carbonyl (C=O) groups excluding carboxylic acids is 2. The summed E-state index contributed by atoms with van der Waals surface area (Å²) in [5.74, 6) is 1.38. The first-order chi connectivity index (χ1) is 13.2. The van der Waals surface area contributed by atoms with Crippen LogP contribution in [0.3, 0.4) is 0 Å². The summed E-state index contributed by atoms with van der Waals surface area (Å²) in [5, 5.41) is 0. The van der Waals surface area contributed by atoms with Gasteiger partial charge in [-0.1, -0.05) is 0 Å². The number of nitrogens with one attached hydrogen (secondary N) is 2. The smallest absolute Gasteiger partial charge is 0.235 e. The van der Waals surface area contributed by atoms with E-state index in [1.165, 1.54) is 6.92 Å². The van der Waals surface area contributed by atoms with Crippen LogP contribution in [0.15, 0.2) is 18.2 Å². The molecular weight excluding hydrogens is 356 g/mol. The monoisotopic (exact) mass is 387 g/mol. The fourth-order valence-corrected chi connectivity index (χ4v) is 3.54. The van der Waals surface area contributed by atoms with E-state index in [4.69, 9.17) is 9.47 Å². The normalized spacial score (nSPS) is 13.1. The Morgan fingerprint density at radius 1 is 1.21 bits per heavy atom. The van der Waals surface area contributed by atoms with Crippen molar-refractivity contribution in [2.24, 2.45) is 0 Å². The lowest BCUT2D eigenvalue weighted by Gasteiger charge is -2.21. The maximum Gasteiger partial charge on any atom is 0.235 e. The SMILES string of the molecule is CCOc1ccc(C[NH+](C)[C@H](C)C(=O)c2[nH]c(C)c(C(C)=O)c2C)cc1OC. The second kappa shape index (κ2) is 9.06. The third kappa shape index (κ3) is 4.44. The molecule has 2 atom stereocenters. The Bertz CT molecular complexity index is 870. The summed E-state index contributed by atoms with van der Waals surface area (Å²) in [4.78, 5) is 29.0. The van der Waals surface area contributed by atoms with E-state index in [1.54, 1.807) is 7.11 Å². The molecule has 2 rings (SSSR count). The number of rotatable bonds is 9. The molecular formula is C22H31N2O4+. The van der Waals surface area contributed by atoms with Crippen molar-refractivity contribution in [3.63, 3.8) is 0 Å². The van der Waals surface area contributed by atoms with Gasteiger partial charge in [0.15, 0.2) is 23.3 Å². The number of aromatic nitrogens is 1. The number of quaternary nitrogens is 1. The summed E-state index contributed by atoms with van der Waals surface area (Å²) < 4.78 is 11.0. The summed E-state index contributed by atoms with van der Waals surface area (Å²) in [7, 11) is 3.61. The number of carbonyl (C=O) groups is 2. The molecule has 0 bridgehead atoms. The van der Waals surface area contributed by atoms with E-state index in [-0.39, 0.29) is 17.6 Å². The van der Waals surface area contributed by atoms with Crippen LogP contribution in [-0.4, -0.2) is 43.4 Å². The van der Waals surface area contributed by atoms with Crippen molar-refractivity contribution in [1.82, 2.24) is 4.98 Å². The van der Waals surface area contributed by atoms with Crippen LogP contribution in [0.5, 0.6) is 11.5 Å². The largest absolute Gasteiger partial charge is 0.493 e. The van der Waals surface area contributed by atoms with E-state index >= 15 is 0 Å². The summed E-state index contributed by atoms with van der Waals surface area (Å²) in [6.45, 7) is 10.3. The molecule has 0 aliphatic rings. The van der Waals surface area contributed by atoms with Gasteiger partial charge in [-0.25, -0.2) is 0 Å². The van der Waals surface area contributed by atoms with Gasteiger partial charge in [0.25, 0.3) is 0 Å². The maximum atomic E-state index is 13.0. The van der Waals surface area contributed by atoms with Crippen LogP contribution in [0.1, 0.15) is 58.4 Å². The van der Waals surface area contributed by atoms with Crippen molar-refractivity contribution in [2.75, 3.05) is 20.8 Å². The van der Waals surface area contributed by atoms with Crippen LogP contribution < -0.4 is 14.4 Å². The lowest BCUT2D eigenvalue weighted by atomic mass is 10.0. The number of ether oxygens (including phenoxy) is 2. The van der Waals surface area contributed by atoms with Crippen molar-refractivity contribution < 1.29 is 24.0 Å². The number of H-pyrrole nitrogens is 1. The molecule has 1 aromatic carbocycles. The Labute approximate surface area is 166 Å². The van der Waals surface area contributed by atoms with Gasteiger partial charge in [-0.15, -0.1) is 0 Å². The highest BCUT2D eigenvalue weighted by molar-refractivity contribution is 6.04. The zero-order valence-electron chi connectivity index (χ0n) is 17.9. The van der Waals surface area contributed by atoms with Gasteiger partial charge in [0.1, 0.15) is 6.54 Å². The van der Waals surface area contributed by atoms with Gasteiger partial charge >= 0.3 is 0 Å². The highest BCUT2D eigenvalue weighted by Gasteiger charge is 2.28. The number of likely N-dealkylation sites (N-methyl/N-ethyl adjacent to an activating group) is 1. The number of hydrogen-bond acceptors (Lipinski definition) is 4. The number of Topliss-reactive ketones (excluding diaryl/α,β-unsaturated/α-hetero) is 2. The Balaban J connectivity index is 2.19. The Hall–Kier alpha value is -2.60. The fraction of sp³-hybridized carbons (Fsp3) is 0.455. The van der Waals surface area contributed by atoms with Gasteiger partial charge in [0.05, 0.1) is 26.5 Å². The molecule has 6 nitrogen and oxygen atoms in total. The summed E-state index contributed by atoms with van der Waals surface area (Å²) >= 11 is 0. The van der Waals surface area contributed by atoms with Gasteiger partial charge in [0.2, 0.25) is 5.78 Å². The van der Waals surface area contributed by atoms with Gasteiger partial charge < -0.3 is 19.4 Å². The van der Waals surface area contributed by atoms with Gasteiger partial charge in [-0.3, -0.25) is 9.59 Å². The topological polar surface area (TPSA) is 72.8 Å². The molecule has 0 aliphatic carbocycles. The summed E-state index contributed by atoms with van der Waals surface area (Å²) in [5.41, 5.74) is 3.68. The lowest BCUT2D eigenvalue weighted by molar-refractivity contribution is -0.907. The summed E-state index contributed by atoms with van der Waals surface area (Å²) in [6.07, 6.45) is 0. The minimum Gasteiger partial charge on any atom is -0.493 e. The van der Waals surface area contributed by atoms with E-state index in [0.29, 0.717) is 35.9 Å². The molecule has 0 aliphatic heterocycles. The third-order valence-electron chi connectivity index (χ3n) is 5.18. The first-order valence-electron chi connectivity index (χ1n) is 9.57. The van der Waals surface area contributed by atoms with Crippen LogP contribution >= 0.6 is 0 Å². The molecule has 2 aromatic rings. The van der Waals surface area contributed by atoms with Crippen LogP contribution in [0.2, 0.25) is 0 Å². The minimum atomic E-state index is -0.269. The van der Waals surface area contributed by atoms with Crippen molar-refractivity contribution in [3.05, 3.63) is 46.3 Å². The zero-order chi connectivity index (χ0) is 21.0. The van der Waals surface area contributed by atoms with E-state index < -0.39 is 0 Å². The molecule has 28 heavy (non-hydrogen) atoms. The predicted octanol–water partition coefficient (Wildman–Crippen LogP) is 2.53.